The van der Waals surface area contributed by atoms with E-state index in [9.17, 15) is 0 Å². The Bertz CT molecular complexity index is 101. The van der Waals surface area contributed by atoms with Gasteiger partial charge >= 0.3 is 0 Å². The molecule has 0 heterocycles. The lowest BCUT2D eigenvalue weighted by Gasteiger charge is -1.85. The Hall–Kier alpha value is -0.440. The highest BCUT2D eigenvalue weighted by Crippen LogP contribution is 2.16. The summed E-state index contributed by atoms with van der Waals surface area (Å²) in [6.45, 7) is 0. The van der Waals surface area contributed by atoms with Crippen molar-refractivity contribution >= 4 is 14.3 Å². The van der Waals surface area contributed by atoms with Gasteiger partial charge in [0.2, 0.25) is 8.38 Å². The predicted octanol–water partition coefficient (Wildman–Crippen LogP) is -0.259. The van der Waals surface area contributed by atoms with Crippen molar-refractivity contribution in [2.24, 2.45) is 10.7 Å². The second kappa shape index (κ2) is 4.71. The molecule has 0 radical (unpaired) electrons. The van der Waals surface area contributed by atoms with E-state index in [2.05, 4.69) is 4.99 Å². The van der Waals surface area contributed by atoms with E-state index in [0.29, 0.717) is 0 Å². The molecule has 4 N–H and O–H groups in total. The molecule has 0 aliphatic carbocycles. The van der Waals surface area contributed by atoms with Crippen molar-refractivity contribution in [3.63, 3.8) is 0 Å². The minimum absolute atomic E-state index is 1.01. The van der Waals surface area contributed by atoms with E-state index in [-0.39, 0.29) is 0 Å². The number of hydrogen-bond acceptors (Lipinski definition) is 4. The molecule has 0 atom stereocenters. The molecule has 46 valence electrons. The molecule has 0 saturated carbocycles. The lowest BCUT2D eigenvalue weighted by Crippen LogP contribution is -1.74. The molecule has 8 heavy (non-hydrogen) atoms. The molecule has 0 saturated heterocycles. The Morgan fingerprint density at radius 3 is 2.50 bits per heavy atom. The number of rotatable bonds is 2. The summed E-state index contributed by atoms with van der Waals surface area (Å²) in [4.78, 5) is 19.7. The summed E-state index contributed by atoms with van der Waals surface area (Å²) in [5.74, 6) is 1.01. The summed E-state index contributed by atoms with van der Waals surface area (Å²) in [6.07, 6.45) is 2.47. The van der Waals surface area contributed by atoms with Gasteiger partial charge in [-0.3, -0.25) is 4.99 Å². The molecule has 0 bridgehead atoms. The summed E-state index contributed by atoms with van der Waals surface area (Å²) in [5.41, 5.74) is 4.86. The van der Waals surface area contributed by atoms with Gasteiger partial charge in [-0.1, -0.05) is 0 Å². The molecule has 0 aliphatic rings. The van der Waals surface area contributed by atoms with E-state index in [1.807, 2.05) is 0 Å². The topological polar surface area (TPSA) is 78.8 Å². The van der Waals surface area contributed by atoms with Gasteiger partial charge in [-0.2, -0.15) is 0 Å². The van der Waals surface area contributed by atoms with Crippen LogP contribution in [0.4, 0.5) is 0 Å². The van der Waals surface area contributed by atoms with Crippen LogP contribution in [0.25, 0.3) is 0 Å². The summed E-state index contributed by atoms with van der Waals surface area (Å²) >= 11 is 0. The minimum atomic E-state index is -2.01. The highest BCUT2D eigenvalue weighted by Gasteiger charge is 1.84. The van der Waals surface area contributed by atoms with Crippen molar-refractivity contribution in [3.05, 3.63) is 12.4 Å². The zero-order chi connectivity index (χ0) is 6.41. The van der Waals surface area contributed by atoms with Crippen molar-refractivity contribution < 1.29 is 9.79 Å². The normalized spacial score (nSPS) is 12.4. The molecule has 0 aromatic heterocycles. The Labute approximate surface area is 48.3 Å². The number of nitrogens with zero attached hydrogens (tertiary/aromatic N) is 1. The van der Waals surface area contributed by atoms with Gasteiger partial charge in [0.05, 0.1) is 5.96 Å². The van der Waals surface area contributed by atoms with Crippen LogP contribution in [0.15, 0.2) is 17.4 Å². The largest absolute Gasteiger partial charge is 0.403 e. The zero-order valence-electron chi connectivity index (χ0n) is 4.10. The highest BCUT2D eigenvalue weighted by molar-refractivity contribution is 7.61. The summed E-state index contributed by atoms with van der Waals surface area (Å²) < 4.78 is 0. The second-order valence-corrected chi connectivity index (χ2v) is 1.80. The van der Waals surface area contributed by atoms with Gasteiger partial charge in [-0.05, 0) is 0 Å². The van der Waals surface area contributed by atoms with E-state index >= 15 is 0 Å². The summed E-state index contributed by atoms with van der Waals surface area (Å²) in [5, 5.41) is 0. The van der Waals surface area contributed by atoms with Crippen LogP contribution < -0.4 is 5.73 Å². The maximum atomic E-state index is 8.18. The number of nitrogens with two attached hydrogens (primary N) is 1. The smallest absolute Gasteiger partial charge is 0.211 e. The lowest BCUT2D eigenvalue weighted by molar-refractivity contribution is 0.501. The maximum absolute atomic E-state index is 8.18. The molecule has 0 unspecified atom stereocenters. The molecule has 0 aliphatic heterocycles. The standard InChI is InChI=1S/C3H7N2O2P/c4-1-2-5-3-8(6)7/h1-3,6-7H,4H2. The fraction of sp³-hybridized carbons (Fsp3) is 0. The third-order valence-electron chi connectivity index (χ3n) is 0.342. The van der Waals surface area contributed by atoms with Crippen LogP contribution >= 0.6 is 8.38 Å². The number of aliphatic imine (C=N–C) groups is 1. The predicted molar refractivity (Wildman–Crippen MR) is 33.2 cm³/mol. The van der Waals surface area contributed by atoms with E-state index in [0.717, 1.165) is 5.96 Å². The molecule has 0 fully saturated rings. The first kappa shape index (κ1) is 7.56. The van der Waals surface area contributed by atoms with Crippen LogP contribution in [0.5, 0.6) is 0 Å². The maximum Gasteiger partial charge on any atom is 0.211 e. The molecule has 0 rings (SSSR count). The molecule has 0 aromatic rings. The minimum Gasteiger partial charge on any atom is -0.403 e. The molecule has 5 heteroatoms. The van der Waals surface area contributed by atoms with Crippen LogP contribution in [-0.2, 0) is 0 Å². The highest BCUT2D eigenvalue weighted by atomic mass is 31.2. The Balaban J connectivity index is 3.34. The van der Waals surface area contributed by atoms with Crippen molar-refractivity contribution in [3.8, 4) is 0 Å². The van der Waals surface area contributed by atoms with Crippen molar-refractivity contribution in [1.82, 2.24) is 0 Å². The Morgan fingerprint density at radius 2 is 2.12 bits per heavy atom. The van der Waals surface area contributed by atoms with E-state index in [1.165, 1.54) is 12.4 Å². The SMILES string of the molecule is NC=CN=CP(O)O. The zero-order valence-corrected chi connectivity index (χ0v) is 4.99. The average molecular weight is 134 g/mol. The van der Waals surface area contributed by atoms with Gasteiger partial charge < -0.3 is 15.5 Å². The first-order valence-corrected chi connectivity index (χ1v) is 3.16. The fourth-order valence-electron chi connectivity index (χ4n) is 0.148. The molecule has 0 amide bonds. The van der Waals surface area contributed by atoms with E-state index in [4.69, 9.17) is 15.5 Å². The Kier molecular flexibility index (Phi) is 4.45. The molecule has 0 spiro atoms. The third kappa shape index (κ3) is 5.56. The van der Waals surface area contributed by atoms with Crippen LogP contribution in [0.2, 0.25) is 0 Å². The fourth-order valence-corrected chi connectivity index (χ4v) is 0.344. The molecule has 0 aromatic carbocycles. The van der Waals surface area contributed by atoms with Gasteiger partial charge in [0.1, 0.15) is 0 Å². The first-order valence-electron chi connectivity index (χ1n) is 1.84. The van der Waals surface area contributed by atoms with Gasteiger partial charge in [-0.25, -0.2) is 0 Å². The molecule has 4 nitrogen and oxygen atoms in total. The third-order valence-corrected chi connectivity index (χ3v) is 0.682. The summed E-state index contributed by atoms with van der Waals surface area (Å²) in [6, 6.07) is 0. The van der Waals surface area contributed by atoms with Crippen LogP contribution in [-0.4, -0.2) is 15.7 Å². The van der Waals surface area contributed by atoms with Crippen molar-refractivity contribution in [2.75, 3.05) is 0 Å². The van der Waals surface area contributed by atoms with Crippen molar-refractivity contribution in [1.29, 1.82) is 0 Å². The number of hydrogen-bond donors (Lipinski definition) is 3. The van der Waals surface area contributed by atoms with Gasteiger partial charge in [0, 0.05) is 12.4 Å². The van der Waals surface area contributed by atoms with Gasteiger partial charge in [0.25, 0.3) is 0 Å². The van der Waals surface area contributed by atoms with Crippen molar-refractivity contribution in [2.45, 2.75) is 0 Å². The van der Waals surface area contributed by atoms with Crippen LogP contribution in [0.1, 0.15) is 0 Å². The lowest BCUT2D eigenvalue weighted by atomic mass is 10.9. The average Bonchev–Trinajstić information content (AvgIpc) is 1.66. The molecular weight excluding hydrogens is 127 g/mol. The summed E-state index contributed by atoms with van der Waals surface area (Å²) in [7, 11) is -2.01. The quantitative estimate of drug-likeness (QED) is 0.359. The molecular formula is C3H7N2O2P. The van der Waals surface area contributed by atoms with Gasteiger partial charge in [0.15, 0.2) is 0 Å². The Morgan fingerprint density at radius 1 is 1.50 bits per heavy atom. The van der Waals surface area contributed by atoms with Crippen LogP contribution in [0.3, 0.4) is 0 Å². The first-order chi connectivity index (χ1) is 3.77. The van der Waals surface area contributed by atoms with E-state index < -0.39 is 8.38 Å². The van der Waals surface area contributed by atoms with Gasteiger partial charge in [-0.15, -0.1) is 0 Å². The van der Waals surface area contributed by atoms with Crippen LogP contribution in [0, 0.1) is 0 Å². The monoisotopic (exact) mass is 134 g/mol. The van der Waals surface area contributed by atoms with E-state index in [1.54, 1.807) is 0 Å². The second-order valence-electron chi connectivity index (χ2n) is 0.926.